The minimum atomic E-state index is 0.727. The van der Waals surface area contributed by atoms with Gasteiger partial charge in [-0.1, -0.05) is 6.92 Å². The molecule has 0 spiro atoms. The summed E-state index contributed by atoms with van der Waals surface area (Å²) in [7, 11) is 0. The molecule has 2 heterocycles. The number of hydrogen-bond donors (Lipinski definition) is 1. The van der Waals surface area contributed by atoms with Crippen molar-refractivity contribution in [3.63, 3.8) is 0 Å². The molecule has 2 aliphatic rings. The quantitative estimate of drug-likeness (QED) is 0.760. The highest BCUT2D eigenvalue weighted by molar-refractivity contribution is 4.87. The SMILES string of the molecule is CCN1CCN(C2CCC(C)NC2)CC1C. The Hall–Kier alpha value is -0.120. The van der Waals surface area contributed by atoms with Crippen molar-refractivity contribution < 1.29 is 0 Å². The van der Waals surface area contributed by atoms with Gasteiger partial charge in [-0.15, -0.1) is 0 Å². The summed E-state index contributed by atoms with van der Waals surface area (Å²) in [5.74, 6) is 0. The summed E-state index contributed by atoms with van der Waals surface area (Å²) in [4.78, 5) is 5.30. The maximum absolute atomic E-state index is 3.61. The molecule has 2 rings (SSSR count). The average Bonchev–Trinajstić information content (AvgIpc) is 2.30. The predicted molar refractivity (Wildman–Crippen MR) is 68.8 cm³/mol. The van der Waals surface area contributed by atoms with Crippen molar-refractivity contribution in [2.24, 2.45) is 0 Å². The van der Waals surface area contributed by atoms with E-state index in [1.54, 1.807) is 0 Å². The van der Waals surface area contributed by atoms with E-state index in [9.17, 15) is 0 Å². The Morgan fingerprint density at radius 2 is 2.00 bits per heavy atom. The van der Waals surface area contributed by atoms with Crippen LogP contribution in [0.1, 0.15) is 33.6 Å². The van der Waals surface area contributed by atoms with Crippen LogP contribution in [0, 0.1) is 0 Å². The van der Waals surface area contributed by atoms with Gasteiger partial charge in [-0.3, -0.25) is 9.80 Å². The molecule has 3 nitrogen and oxygen atoms in total. The predicted octanol–water partition coefficient (Wildman–Crippen LogP) is 1.15. The van der Waals surface area contributed by atoms with Gasteiger partial charge in [0.05, 0.1) is 0 Å². The third-order valence-electron chi connectivity index (χ3n) is 4.35. The zero-order chi connectivity index (χ0) is 11.5. The fourth-order valence-electron chi connectivity index (χ4n) is 3.12. The maximum atomic E-state index is 3.61. The molecule has 2 aliphatic heterocycles. The molecular formula is C13H27N3. The number of hydrogen-bond acceptors (Lipinski definition) is 3. The van der Waals surface area contributed by atoms with Crippen molar-refractivity contribution in [3.8, 4) is 0 Å². The molecule has 94 valence electrons. The lowest BCUT2D eigenvalue weighted by molar-refractivity contribution is 0.0474. The van der Waals surface area contributed by atoms with Crippen LogP contribution in [0.4, 0.5) is 0 Å². The standard InChI is InChI=1S/C13H27N3/c1-4-15-7-8-16(10-12(15)3)13-6-5-11(2)14-9-13/h11-14H,4-10H2,1-3H3. The number of piperazine rings is 1. The zero-order valence-corrected chi connectivity index (χ0v) is 11.1. The highest BCUT2D eigenvalue weighted by atomic mass is 15.3. The average molecular weight is 225 g/mol. The van der Waals surface area contributed by atoms with Crippen molar-refractivity contribution in [2.45, 2.75) is 51.7 Å². The van der Waals surface area contributed by atoms with E-state index < -0.39 is 0 Å². The lowest BCUT2D eigenvalue weighted by Crippen LogP contribution is -2.58. The molecule has 0 aromatic rings. The van der Waals surface area contributed by atoms with E-state index in [4.69, 9.17) is 0 Å². The number of piperidine rings is 1. The van der Waals surface area contributed by atoms with Crippen molar-refractivity contribution in [1.82, 2.24) is 15.1 Å². The van der Waals surface area contributed by atoms with Gasteiger partial charge in [-0.25, -0.2) is 0 Å². The van der Waals surface area contributed by atoms with Crippen LogP contribution in [0.15, 0.2) is 0 Å². The summed E-state index contributed by atoms with van der Waals surface area (Å²) in [5, 5.41) is 3.61. The molecule has 2 saturated heterocycles. The second-order valence-corrected chi connectivity index (χ2v) is 5.51. The largest absolute Gasteiger partial charge is 0.313 e. The van der Waals surface area contributed by atoms with Gasteiger partial charge in [0, 0.05) is 44.3 Å². The van der Waals surface area contributed by atoms with Crippen molar-refractivity contribution >= 4 is 0 Å². The first-order valence-corrected chi connectivity index (χ1v) is 6.92. The van der Waals surface area contributed by atoms with Gasteiger partial charge in [-0.05, 0) is 33.2 Å². The molecule has 0 bridgehead atoms. The van der Waals surface area contributed by atoms with E-state index in [2.05, 4.69) is 35.9 Å². The summed E-state index contributed by atoms with van der Waals surface area (Å²) >= 11 is 0. The Labute approximate surface area is 100 Å². The molecular weight excluding hydrogens is 198 g/mol. The van der Waals surface area contributed by atoms with Gasteiger partial charge < -0.3 is 5.32 Å². The van der Waals surface area contributed by atoms with Crippen LogP contribution in [0.5, 0.6) is 0 Å². The number of nitrogens with one attached hydrogen (secondary N) is 1. The lowest BCUT2D eigenvalue weighted by atomic mass is 9.99. The molecule has 3 heteroatoms. The summed E-state index contributed by atoms with van der Waals surface area (Å²) in [5.41, 5.74) is 0. The highest BCUT2D eigenvalue weighted by Crippen LogP contribution is 2.18. The molecule has 0 aromatic heterocycles. The van der Waals surface area contributed by atoms with Crippen LogP contribution in [-0.2, 0) is 0 Å². The van der Waals surface area contributed by atoms with E-state index in [-0.39, 0.29) is 0 Å². The maximum Gasteiger partial charge on any atom is 0.0222 e. The van der Waals surface area contributed by atoms with Gasteiger partial charge >= 0.3 is 0 Å². The molecule has 0 aliphatic carbocycles. The number of rotatable bonds is 2. The van der Waals surface area contributed by atoms with Crippen molar-refractivity contribution in [3.05, 3.63) is 0 Å². The van der Waals surface area contributed by atoms with Gasteiger partial charge in [-0.2, -0.15) is 0 Å². The van der Waals surface area contributed by atoms with Gasteiger partial charge in [0.1, 0.15) is 0 Å². The minimum absolute atomic E-state index is 0.727. The number of nitrogens with zero attached hydrogens (tertiary/aromatic N) is 2. The highest BCUT2D eigenvalue weighted by Gasteiger charge is 2.29. The Morgan fingerprint density at radius 3 is 2.56 bits per heavy atom. The smallest absolute Gasteiger partial charge is 0.0222 e. The Morgan fingerprint density at radius 1 is 1.19 bits per heavy atom. The molecule has 0 saturated carbocycles. The summed E-state index contributed by atoms with van der Waals surface area (Å²) in [6.45, 7) is 13.1. The number of likely N-dealkylation sites (N-methyl/N-ethyl adjacent to an activating group) is 1. The Kier molecular flexibility index (Phi) is 4.22. The molecule has 0 amide bonds. The first-order valence-electron chi connectivity index (χ1n) is 6.92. The van der Waals surface area contributed by atoms with Crippen LogP contribution in [0.3, 0.4) is 0 Å². The van der Waals surface area contributed by atoms with Crippen LogP contribution in [0.25, 0.3) is 0 Å². The van der Waals surface area contributed by atoms with E-state index in [0.717, 1.165) is 18.1 Å². The second-order valence-electron chi connectivity index (χ2n) is 5.51. The first-order chi connectivity index (χ1) is 7.70. The van der Waals surface area contributed by atoms with E-state index in [1.165, 1.54) is 45.6 Å². The molecule has 1 N–H and O–H groups in total. The fourth-order valence-corrected chi connectivity index (χ4v) is 3.12. The van der Waals surface area contributed by atoms with Crippen LogP contribution < -0.4 is 5.32 Å². The summed E-state index contributed by atoms with van der Waals surface area (Å²) in [6.07, 6.45) is 2.72. The van der Waals surface area contributed by atoms with Crippen molar-refractivity contribution in [2.75, 3.05) is 32.7 Å². The van der Waals surface area contributed by atoms with Gasteiger partial charge in [0.2, 0.25) is 0 Å². The zero-order valence-electron chi connectivity index (χ0n) is 11.1. The molecule has 2 fully saturated rings. The van der Waals surface area contributed by atoms with Crippen LogP contribution >= 0.6 is 0 Å². The Bertz CT molecular complexity index is 211. The molecule has 0 aromatic carbocycles. The molecule has 3 atom stereocenters. The second kappa shape index (κ2) is 5.48. The molecule has 0 radical (unpaired) electrons. The lowest BCUT2D eigenvalue weighted by Gasteiger charge is -2.44. The minimum Gasteiger partial charge on any atom is -0.313 e. The van der Waals surface area contributed by atoms with Gasteiger partial charge in [0.15, 0.2) is 0 Å². The van der Waals surface area contributed by atoms with E-state index >= 15 is 0 Å². The summed E-state index contributed by atoms with van der Waals surface area (Å²) < 4.78 is 0. The van der Waals surface area contributed by atoms with E-state index in [1.807, 2.05) is 0 Å². The van der Waals surface area contributed by atoms with Crippen LogP contribution in [0.2, 0.25) is 0 Å². The van der Waals surface area contributed by atoms with Crippen LogP contribution in [-0.4, -0.2) is 60.6 Å². The third-order valence-corrected chi connectivity index (χ3v) is 4.35. The van der Waals surface area contributed by atoms with E-state index in [0.29, 0.717) is 0 Å². The molecule has 16 heavy (non-hydrogen) atoms. The Balaban J connectivity index is 1.83. The normalized spacial score (nSPS) is 38.8. The third kappa shape index (κ3) is 2.76. The monoisotopic (exact) mass is 225 g/mol. The fraction of sp³-hybridized carbons (Fsp3) is 1.00. The topological polar surface area (TPSA) is 18.5 Å². The van der Waals surface area contributed by atoms with Gasteiger partial charge in [0.25, 0.3) is 0 Å². The molecule has 3 unspecified atom stereocenters. The summed E-state index contributed by atoms with van der Waals surface area (Å²) in [6, 6.07) is 2.25. The van der Waals surface area contributed by atoms with Crippen molar-refractivity contribution in [1.29, 1.82) is 0 Å². The first kappa shape index (κ1) is 12.3.